The molecule has 0 aliphatic carbocycles. The van der Waals surface area contributed by atoms with Crippen molar-refractivity contribution in [1.82, 2.24) is 20.2 Å². The van der Waals surface area contributed by atoms with Crippen molar-refractivity contribution in [1.29, 1.82) is 0 Å². The van der Waals surface area contributed by atoms with E-state index in [4.69, 9.17) is 0 Å². The average molecular weight is 454 g/mol. The first-order valence-electron chi connectivity index (χ1n) is 10.5. The van der Waals surface area contributed by atoms with Gasteiger partial charge in [0.25, 0.3) is 5.91 Å². The minimum atomic E-state index is -0.212. The molecular formula is C26H23N5OS. The van der Waals surface area contributed by atoms with Gasteiger partial charge in [0.1, 0.15) is 0 Å². The van der Waals surface area contributed by atoms with Crippen LogP contribution in [0.4, 0.5) is 0 Å². The van der Waals surface area contributed by atoms with Gasteiger partial charge in [-0.15, -0.1) is 10.2 Å². The van der Waals surface area contributed by atoms with Crippen molar-refractivity contribution in [3.63, 3.8) is 0 Å². The summed E-state index contributed by atoms with van der Waals surface area (Å²) in [7, 11) is 0. The van der Waals surface area contributed by atoms with Gasteiger partial charge < -0.3 is 0 Å². The lowest BCUT2D eigenvalue weighted by Crippen LogP contribution is -2.20. The van der Waals surface area contributed by atoms with Crippen molar-refractivity contribution in [2.24, 2.45) is 5.10 Å². The van der Waals surface area contributed by atoms with Gasteiger partial charge in [0.15, 0.2) is 11.0 Å². The van der Waals surface area contributed by atoms with Gasteiger partial charge in [-0.2, -0.15) is 5.10 Å². The summed E-state index contributed by atoms with van der Waals surface area (Å²) < 4.78 is 1.96. The van der Waals surface area contributed by atoms with E-state index >= 15 is 0 Å². The molecule has 0 spiro atoms. The van der Waals surface area contributed by atoms with E-state index in [2.05, 4.69) is 20.7 Å². The van der Waals surface area contributed by atoms with Crippen molar-refractivity contribution in [3.05, 3.63) is 103 Å². The van der Waals surface area contributed by atoms with Crippen LogP contribution >= 0.6 is 11.8 Å². The van der Waals surface area contributed by atoms with Crippen LogP contribution in [0.2, 0.25) is 0 Å². The van der Waals surface area contributed by atoms with E-state index in [1.165, 1.54) is 11.8 Å². The van der Waals surface area contributed by atoms with Crippen LogP contribution in [0.15, 0.2) is 107 Å². The second-order valence-electron chi connectivity index (χ2n) is 7.16. The van der Waals surface area contributed by atoms with Crippen molar-refractivity contribution in [2.75, 3.05) is 5.75 Å². The van der Waals surface area contributed by atoms with Crippen molar-refractivity contribution >= 4 is 29.5 Å². The predicted octanol–water partition coefficient (Wildman–Crippen LogP) is 5.23. The van der Waals surface area contributed by atoms with Gasteiger partial charge in [-0.25, -0.2) is 5.43 Å². The fraction of sp³-hybridized carbons (Fsp3) is 0.0769. The lowest BCUT2D eigenvalue weighted by Gasteiger charge is -2.10. The Bertz CT molecular complexity index is 1250. The highest BCUT2D eigenvalue weighted by molar-refractivity contribution is 7.99. The molecule has 0 saturated carbocycles. The fourth-order valence-corrected chi connectivity index (χ4v) is 3.82. The SMILES string of the molecule is CC(/C=C\c1ccccc1)=N\NC(=O)CSc1nnc(-c2ccccc2)n1-c1ccccc1. The van der Waals surface area contributed by atoms with E-state index in [0.717, 1.165) is 22.6 Å². The third-order valence-electron chi connectivity index (χ3n) is 4.69. The Kier molecular flexibility index (Phi) is 7.45. The Labute approximate surface area is 197 Å². The number of allylic oxidation sites excluding steroid dienone is 1. The molecule has 0 bridgehead atoms. The van der Waals surface area contributed by atoms with E-state index in [1.807, 2.05) is 115 Å². The summed E-state index contributed by atoms with van der Waals surface area (Å²) in [6, 6.07) is 29.7. The number of nitrogens with zero attached hydrogens (tertiary/aromatic N) is 4. The first kappa shape index (κ1) is 22.2. The number of nitrogens with one attached hydrogen (secondary N) is 1. The lowest BCUT2D eigenvalue weighted by atomic mass is 10.2. The molecule has 33 heavy (non-hydrogen) atoms. The number of carbonyl (C=O) groups excluding carboxylic acids is 1. The minimum Gasteiger partial charge on any atom is -0.272 e. The highest BCUT2D eigenvalue weighted by Gasteiger charge is 2.17. The predicted molar refractivity (Wildman–Crippen MR) is 134 cm³/mol. The number of para-hydroxylation sites is 1. The van der Waals surface area contributed by atoms with Crippen LogP contribution < -0.4 is 5.43 Å². The van der Waals surface area contributed by atoms with E-state index in [0.29, 0.717) is 10.9 Å². The van der Waals surface area contributed by atoms with E-state index in [-0.39, 0.29) is 11.7 Å². The van der Waals surface area contributed by atoms with Crippen molar-refractivity contribution in [3.8, 4) is 17.1 Å². The van der Waals surface area contributed by atoms with E-state index in [1.54, 1.807) is 0 Å². The van der Waals surface area contributed by atoms with Crippen LogP contribution in [-0.2, 0) is 4.79 Å². The van der Waals surface area contributed by atoms with Gasteiger partial charge in [-0.05, 0) is 30.7 Å². The molecule has 1 amide bonds. The summed E-state index contributed by atoms with van der Waals surface area (Å²) in [6.07, 6.45) is 3.81. The third kappa shape index (κ3) is 6.05. The molecule has 1 heterocycles. The van der Waals surface area contributed by atoms with Gasteiger partial charge >= 0.3 is 0 Å². The first-order valence-corrected chi connectivity index (χ1v) is 11.4. The molecule has 0 fully saturated rings. The zero-order valence-corrected chi connectivity index (χ0v) is 18.9. The normalized spacial score (nSPS) is 11.6. The quantitative estimate of drug-likeness (QED) is 0.225. The largest absolute Gasteiger partial charge is 0.272 e. The molecule has 0 unspecified atom stereocenters. The maximum absolute atomic E-state index is 12.4. The number of rotatable bonds is 8. The Hall–Kier alpha value is -3.97. The molecule has 6 nitrogen and oxygen atoms in total. The summed E-state index contributed by atoms with van der Waals surface area (Å²) in [5.41, 5.74) is 6.27. The molecular weight excluding hydrogens is 430 g/mol. The second kappa shape index (κ2) is 11.1. The van der Waals surface area contributed by atoms with E-state index in [9.17, 15) is 4.79 Å². The molecule has 7 heteroatoms. The number of hydrogen-bond acceptors (Lipinski definition) is 5. The number of aromatic nitrogens is 3. The molecule has 1 aromatic heterocycles. The molecule has 0 aliphatic heterocycles. The van der Waals surface area contributed by atoms with Crippen LogP contribution in [0.5, 0.6) is 0 Å². The Morgan fingerprint density at radius 3 is 2.27 bits per heavy atom. The molecule has 164 valence electrons. The molecule has 4 rings (SSSR count). The van der Waals surface area contributed by atoms with Crippen LogP contribution in [0, 0.1) is 0 Å². The van der Waals surface area contributed by atoms with Gasteiger partial charge in [0, 0.05) is 11.3 Å². The Balaban J connectivity index is 1.44. The number of benzene rings is 3. The number of thioether (sulfide) groups is 1. The van der Waals surface area contributed by atoms with Gasteiger partial charge in [-0.1, -0.05) is 96.7 Å². The monoisotopic (exact) mass is 453 g/mol. The summed E-state index contributed by atoms with van der Waals surface area (Å²) in [5.74, 6) is 0.680. The van der Waals surface area contributed by atoms with Crippen LogP contribution in [0.1, 0.15) is 12.5 Å². The standard InChI is InChI=1S/C26H23N5OS/c1-20(17-18-21-11-5-2-6-12-21)27-28-24(32)19-33-26-30-29-25(22-13-7-3-8-14-22)31(26)23-15-9-4-10-16-23/h2-18H,19H2,1H3,(H,28,32)/b18-17-,27-20+. The molecule has 0 saturated heterocycles. The highest BCUT2D eigenvalue weighted by atomic mass is 32.2. The molecule has 0 atom stereocenters. The smallest absolute Gasteiger partial charge is 0.250 e. The molecule has 1 N–H and O–H groups in total. The van der Waals surface area contributed by atoms with E-state index < -0.39 is 0 Å². The molecule has 3 aromatic carbocycles. The maximum atomic E-state index is 12.4. The summed E-state index contributed by atoms with van der Waals surface area (Å²) in [4.78, 5) is 12.4. The van der Waals surface area contributed by atoms with Crippen LogP contribution in [-0.4, -0.2) is 32.1 Å². The first-order chi connectivity index (χ1) is 16.2. The Morgan fingerprint density at radius 2 is 1.58 bits per heavy atom. The minimum absolute atomic E-state index is 0.166. The summed E-state index contributed by atoms with van der Waals surface area (Å²) in [5, 5.41) is 13.5. The fourth-order valence-electron chi connectivity index (χ4n) is 3.08. The number of hydrogen-bond donors (Lipinski definition) is 1. The van der Waals surface area contributed by atoms with Gasteiger partial charge in [-0.3, -0.25) is 9.36 Å². The maximum Gasteiger partial charge on any atom is 0.250 e. The second-order valence-corrected chi connectivity index (χ2v) is 8.11. The molecule has 0 radical (unpaired) electrons. The molecule has 0 aliphatic rings. The topological polar surface area (TPSA) is 72.2 Å². The summed E-state index contributed by atoms with van der Waals surface area (Å²) >= 11 is 1.32. The third-order valence-corrected chi connectivity index (χ3v) is 5.61. The number of hydrazone groups is 1. The zero-order chi connectivity index (χ0) is 22.9. The van der Waals surface area contributed by atoms with Crippen LogP contribution in [0.25, 0.3) is 23.2 Å². The Morgan fingerprint density at radius 1 is 0.939 bits per heavy atom. The van der Waals surface area contributed by atoms with Crippen molar-refractivity contribution < 1.29 is 4.79 Å². The highest BCUT2D eigenvalue weighted by Crippen LogP contribution is 2.27. The summed E-state index contributed by atoms with van der Waals surface area (Å²) in [6.45, 7) is 1.84. The van der Waals surface area contributed by atoms with Gasteiger partial charge in [0.2, 0.25) is 0 Å². The lowest BCUT2D eigenvalue weighted by molar-refractivity contribution is -0.118. The van der Waals surface area contributed by atoms with Crippen molar-refractivity contribution in [2.45, 2.75) is 12.1 Å². The number of amides is 1. The molecule has 4 aromatic rings. The van der Waals surface area contributed by atoms with Gasteiger partial charge in [0.05, 0.1) is 11.5 Å². The zero-order valence-electron chi connectivity index (χ0n) is 18.1. The average Bonchev–Trinajstić information content (AvgIpc) is 3.30. The number of carbonyl (C=O) groups is 1. The van der Waals surface area contributed by atoms with Crippen LogP contribution in [0.3, 0.4) is 0 Å².